The van der Waals surface area contributed by atoms with Crippen molar-refractivity contribution < 1.29 is 9.47 Å². The third-order valence-corrected chi connectivity index (χ3v) is 8.13. The van der Waals surface area contributed by atoms with Gasteiger partial charge in [0.25, 0.3) is 5.56 Å². The van der Waals surface area contributed by atoms with Gasteiger partial charge in [-0.2, -0.15) is 0 Å². The molecule has 3 aliphatic rings. The Kier molecular flexibility index (Phi) is 5.92. The van der Waals surface area contributed by atoms with Crippen molar-refractivity contribution >= 4 is 22.8 Å². The highest BCUT2D eigenvalue weighted by Gasteiger charge is 2.28. The zero-order valence-corrected chi connectivity index (χ0v) is 20.1. The molecule has 9 heteroatoms. The van der Waals surface area contributed by atoms with E-state index in [9.17, 15) is 4.79 Å². The van der Waals surface area contributed by atoms with Gasteiger partial charge in [-0.05, 0) is 50.9 Å². The number of nitrogens with one attached hydrogen (secondary N) is 1. The molecule has 178 valence electrons. The summed E-state index contributed by atoms with van der Waals surface area (Å²) in [7, 11) is 1.67. The Hall–Kier alpha value is -2.62. The number of likely N-dealkylation sites (tertiary alicyclic amines) is 1. The Bertz CT molecular complexity index is 1270. The van der Waals surface area contributed by atoms with Crippen molar-refractivity contribution in [3.05, 3.63) is 52.2 Å². The standard InChI is InChI=1S/C25H29N5O3S/c1-32-21-12-28-20-4-5-24(31)30-18(2-3-19(21)25(20)30)14-29-8-6-16(7-9-29)26-11-17-10-23-22(13-27-17)33-15-34-23/h4-5,10,12-13,16,18,26H,2-3,6-9,11,14-15H2,1H3. The number of methoxy groups -OCH3 is 1. The van der Waals surface area contributed by atoms with Crippen LogP contribution in [0.2, 0.25) is 0 Å². The number of ether oxygens (including phenoxy) is 2. The number of pyridine rings is 3. The van der Waals surface area contributed by atoms with Gasteiger partial charge >= 0.3 is 0 Å². The van der Waals surface area contributed by atoms with Gasteiger partial charge in [-0.25, -0.2) is 0 Å². The lowest BCUT2D eigenvalue weighted by molar-refractivity contribution is 0.167. The largest absolute Gasteiger partial charge is 0.495 e. The van der Waals surface area contributed by atoms with Crippen LogP contribution in [-0.4, -0.2) is 58.2 Å². The van der Waals surface area contributed by atoms with Crippen LogP contribution in [0.3, 0.4) is 0 Å². The number of fused-ring (bicyclic) bond motifs is 1. The number of aromatic nitrogens is 3. The highest BCUT2D eigenvalue weighted by atomic mass is 32.2. The molecule has 1 saturated heterocycles. The third kappa shape index (κ3) is 4.06. The van der Waals surface area contributed by atoms with Gasteiger partial charge in [0.15, 0.2) is 5.75 Å². The second-order valence-electron chi connectivity index (χ2n) is 9.26. The molecule has 6 rings (SSSR count). The van der Waals surface area contributed by atoms with Crippen LogP contribution in [0.1, 0.15) is 36.6 Å². The maximum Gasteiger partial charge on any atom is 0.251 e. The highest BCUT2D eigenvalue weighted by Crippen LogP contribution is 2.36. The van der Waals surface area contributed by atoms with Crippen LogP contribution in [-0.2, 0) is 13.0 Å². The summed E-state index contributed by atoms with van der Waals surface area (Å²) in [5.74, 6) is 2.36. The topological polar surface area (TPSA) is 81.5 Å². The predicted octanol–water partition coefficient (Wildman–Crippen LogP) is 2.98. The van der Waals surface area contributed by atoms with Gasteiger partial charge in [-0.15, -0.1) is 0 Å². The Labute approximate surface area is 202 Å². The molecule has 0 saturated carbocycles. The minimum atomic E-state index is 0.0514. The van der Waals surface area contributed by atoms with Crippen molar-refractivity contribution in [3.63, 3.8) is 0 Å². The van der Waals surface area contributed by atoms with Crippen molar-refractivity contribution in [2.75, 3.05) is 32.7 Å². The SMILES string of the molecule is COc1cnc2ccc(=O)n3c2c1CCC3CN1CCC(NCc2cc3c(cn2)OCS3)CC1. The molecular weight excluding hydrogens is 450 g/mol. The predicted molar refractivity (Wildman–Crippen MR) is 132 cm³/mol. The van der Waals surface area contributed by atoms with E-state index in [1.165, 1.54) is 4.90 Å². The second kappa shape index (κ2) is 9.20. The fourth-order valence-corrected chi connectivity index (χ4v) is 6.25. The van der Waals surface area contributed by atoms with Crippen LogP contribution in [0, 0.1) is 0 Å². The van der Waals surface area contributed by atoms with E-state index in [0.29, 0.717) is 12.0 Å². The molecule has 1 unspecified atom stereocenters. The number of aryl methyl sites for hydroxylation is 1. The monoisotopic (exact) mass is 479 g/mol. The lowest BCUT2D eigenvalue weighted by Crippen LogP contribution is -2.45. The van der Waals surface area contributed by atoms with Gasteiger partial charge in [-0.3, -0.25) is 14.8 Å². The molecule has 0 aliphatic carbocycles. The molecule has 34 heavy (non-hydrogen) atoms. The number of thioether (sulfide) groups is 1. The Balaban J connectivity index is 1.09. The molecule has 0 bridgehead atoms. The van der Waals surface area contributed by atoms with Crippen molar-refractivity contribution in [3.8, 4) is 11.5 Å². The van der Waals surface area contributed by atoms with Gasteiger partial charge in [0.05, 0.1) is 47.2 Å². The van der Waals surface area contributed by atoms with Crippen molar-refractivity contribution in [1.29, 1.82) is 0 Å². The van der Waals surface area contributed by atoms with E-state index in [4.69, 9.17) is 9.47 Å². The summed E-state index contributed by atoms with van der Waals surface area (Å²) in [6.45, 7) is 3.74. The minimum absolute atomic E-state index is 0.0514. The first kappa shape index (κ1) is 21.9. The molecular formula is C25H29N5O3S. The molecule has 1 atom stereocenters. The molecule has 3 aromatic rings. The zero-order valence-electron chi connectivity index (χ0n) is 19.3. The Morgan fingerprint density at radius 2 is 2.09 bits per heavy atom. The highest BCUT2D eigenvalue weighted by molar-refractivity contribution is 7.99. The lowest BCUT2D eigenvalue weighted by Gasteiger charge is -2.37. The molecule has 3 aliphatic heterocycles. The molecule has 6 heterocycles. The molecule has 0 radical (unpaired) electrons. The lowest BCUT2D eigenvalue weighted by atomic mass is 9.96. The summed E-state index contributed by atoms with van der Waals surface area (Å²) in [5.41, 5.74) is 4.04. The average Bonchev–Trinajstić information content (AvgIpc) is 3.34. The second-order valence-corrected chi connectivity index (χ2v) is 10.2. The van der Waals surface area contributed by atoms with Crippen molar-refractivity contribution in [2.24, 2.45) is 0 Å². The molecule has 3 aromatic heterocycles. The fourth-order valence-electron chi connectivity index (χ4n) is 5.47. The summed E-state index contributed by atoms with van der Waals surface area (Å²) in [4.78, 5) is 25.7. The summed E-state index contributed by atoms with van der Waals surface area (Å²) in [6.07, 6.45) is 7.66. The zero-order chi connectivity index (χ0) is 23.1. The molecule has 8 nitrogen and oxygen atoms in total. The van der Waals surface area contributed by atoms with Crippen LogP contribution in [0.5, 0.6) is 11.5 Å². The van der Waals surface area contributed by atoms with E-state index < -0.39 is 0 Å². The number of hydrogen-bond acceptors (Lipinski definition) is 8. The number of hydrogen-bond donors (Lipinski definition) is 1. The maximum absolute atomic E-state index is 12.9. The van der Waals surface area contributed by atoms with Gasteiger partial charge in [-0.1, -0.05) is 11.8 Å². The average molecular weight is 480 g/mol. The van der Waals surface area contributed by atoms with Crippen LogP contribution in [0.15, 0.2) is 40.3 Å². The third-order valence-electron chi connectivity index (χ3n) is 7.27. The van der Waals surface area contributed by atoms with Crippen molar-refractivity contribution in [2.45, 2.75) is 49.2 Å². The van der Waals surface area contributed by atoms with E-state index in [-0.39, 0.29) is 11.6 Å². The van der Waals surface area contributed by atoms with Crippen LogP contribution < -0.4 is 20.3 Å². The molecule has 0 spiro atoms. The van der Waals surface area contributed by atoms with E-state index in [2.05, 4.69) is 26.3 Å². The Morgan fingerprint density at radius 1 is 1.21 bits per heavy atom. The molecule has 1 N–H and O–H groups in total. The smallest absolute Gasteiger partial charge is 0.251 e. The number of nitrogens with zero attached hydrogens (tertiary/aromatic N) is 4. The van der Waals surface area contributed by atoms with Gasteiger partial charge in [0.1, 0.15) is 11.7 Å². The van der Waals surface area contributed by atoms with E-state index >= 15 is 0 Å². The van der Waals surface area contributed by atoms with Gasteiger partial charge in [0.2, 0.25) is 0 Å². The Morgan fingerprint density at radius 3 is 2.94 bits per heavy atom. The van der Waals surface area contributed by atoms with E-state index in [0.717, 1.165) is 85.7 Å². The summed E-state index contributed by atoms with van der Waals surface area (Å²) >= 11 is 1.73. The van der Waals surface area contributed by atoms with Crippen molar-refractivity contribution in [1.82, 2.24) is 24.8 Å². The summed E-state index contributed by atoms with van der Waals surface area (Å²) in [5, 5.41) is 3.69. The number of piperidine rings is 1. The van der Waals surface area contributed by atoms with Gasteiger partial charge < -0.3 is 24.3 Å². The van der Waals surface area contributed by atoms with E-state index in [1.54, 1.807) is 31.1 Å². The fraction of sp³-hybridized carbons (Fsp3) is 0.480. The minimum Gasteiger partial charge on any atom is -0.495 e. The van der Waals surface area contributed by atoms with Crippen LogP contribution in [0.4, 0.5) is 0 Å². The normalized spacial score (nSPS) is 20.3. The molecule has 0 amide bonds. The van der Waals surface area contributed by atoms with Crippen LogP contribution in [0.25, 0.3) is 11.0 Å². The van der Waals surface area contributed by atoms with Gasteiger partial charge in [0, 0.05) is 30.8 Å². The van der Waals surface area contributed by atoms with E-state index in [1.807, 2.05) is 16.8 Å². The quantitative estimate of drug-likeness (QED) is 0.578. The summed E-state index contributed by atoms with van der Waals surface area (Å²) in [6, 6.07) is 6.27. The summed E-state index contributed by atoms with van der Waals surface area (Å²) < 4.78 is 13.0. The maximum atomic E-state index is 12.9. The molecule has 0 aromatic carbocycles. The first-order valence-electron chi connectivity index (χ1n) is 12.0. The van der Waals surface area contributed by atoms with Crippen LogP contribution >= 0.6 is 11.8 Å². The number of rotatable bonds is 6. The molecule has 1 fully saturated rings. The first-order valence-corrected chi connectivity index (χ1v) is 13.0. The first-order chi connectivity index (χ1) is 16.7.